The molecular formula is C16H26NNaO12. The number of aliphatic hydroxyl groups is 4. The molecule has 0 aromatic carbocycles. The number of methoxy groups -OCH3 is 2. The Balaban J connectivity index is 0.00000450. The SMILES string of the molecule is CO[C@@H]1OC(C(=O)[O-])[C@@H](O[C@@H]2OC(CO)[C@@H](O)[C@@H](OC)C2NC(C)=O)[C@@H](O)C1O.[Na+]. The predicted octanol–water partition coefficient (Wildman–Crippen LogP) is -8.18. The van der Waals surface area contributed by atoms with Crippen molar-refractivity contribution in [3.05, 3.63) is 0 Å². The molecule has 168 valence electrons. The van der Waals surface area contributed by atoms with Gasteiger partial charge in [-0.3, -0.25) is 4.79 Å². The summed E-state index contributed by atoms with van der Waals surface area (Å²) in [6.45, 7) is 0.541. The zero-order chi connectivity index (χ0) is 21.9. The molecule has 4 unspecified atom stereocenters. The minimum absolute atomic E-state index is 0. The van der Waals surface area contributed by atoms with Crippen molar-refractivity contribution >= 4 is 11.9 Å². The molecule has 0 radical (unpaired) electrons. The molecule has 0 spiro atoms. The third-order valence-electron chi connectivity index (χ3n) is 4.80. The number of nitrogens with one attached hydrogen (secondary N) is 1. The van der Waals surface area contributed by atoms with Crippen molar-refractivity contribution in [2.24, 2.45) is 0 Å². The average Bonchev–Trinajstić information content (AvgIpc) is 2.67. The number of carboxylic acids is 1. The van der Waals surface area contributed by atoms with Gasteiger partial charge in [0.1, 0.15) is 48.8 Å². The first-order valence-corrected chi connectivity index (χ1v) is 8.81. The maximum absolute atomic E-state index is 11.6. The van der Waals surface area contributed by atoms with Crippen LogP contribution in [0.2, 0.25) is 0 Å². The Morgan fingerprint density at radius 1 is 1.00 bits per heavy atom. The first-order chi connectivity index (χ1) is 13.7. The van der Waals surface area contributed by atoms with E-state index in [1.165, 1.54) is 14.0 Å². The van der Waals surface area contributed by atoms with Gasteiger partial charge in [0, 0.05) is 21.1 Å². The van der Waals surface area contributed by atoms with Crippen molar-refractivity contribution in [3.63, 3.8) is 0 Å². The van der Waals surface area contributed by atoms with Gasteiger partial charge in [0.25, 0.3) is 0 Å². The summed E-state index contributed by atoms with van der Waals surface area (Å²) in [5.41, 5.74) is 0. The molecule has 2 aliphatic rings. The van der Waals surface area contributed by atoms with Crippen molar-refractivity contribution in [1.29, 1.82) is 0 Å². The van der Waals surface area contributed by atoms with Crippen molar-refractivity contribution in [2.45, 2.75) is 68.3 Å². The van der Waals surface area contributed by atoms with E-state index in [4.69, 9.17) is 23.7 Å². The molecule has 10 atom stereocenters. The fourth-order valence-electron chi connectivity index (χ4n) is 3.38. The predicted molar refractivity (Wildman–Crippen MR) is 87.7 cm³/mol. The maximum Gasteiger partial charge on any atom is 1.00 e. The molecule has 0 bridgehead atoms. The molecule has 0 aromatic rings. The molecule has 5 N–H and O–H groups in total. The zero-order valence-electron chi connectivity index (χ0n) is 17.0. The zero-order valence-corrected chi connectivity index (χ0v) is 19.0. The third-order valence-corrected chi connectivity index (χ3v) is 4.80. The van der Waals surface area contributed by atoms with Gasteiger partial charge in [-0.15, -0.1) is 0 Å². The van der Waals surface area contributed by atoms with Gasteiger partial charge in [-0.25, -0.2) is 0 Å². The fourth-order valence-corrected chi connectivity index (χ4v) is 3.38. The Morgan fingerprint density at radius 2 is 1.63 bits per heavy atom. The Bertz CT molecular complexity index is 582. The van der Waals surface area contributed by atoms with Crippen LogP contribution in [0.4, 0.5) is 0 Å². The van der Waals surface area contributed by atoms with Gasteiger partial charge in [0.05, 0.1) is 12.6 Å². The van der Waals surface area contributed by atoms with E-state index in [0.29, 0.717) is 0 Å². The topological polar surface area (TPSA) is 196 Å². The number of rotatable bonds is 7. The molecule has 13 nitrogen and oxygen atoms in total. The molecular weight excluding hydrogens is 421 g/mol. The molecule has 2 rings (SSSR count). The first kappa shape index (κ1) is 27.6. The number of amides is 1. The molecule has 2 heterocycles. The number of aliphatic carboxylic acids is 1. The Morgan fingerprint density at radius 3 is 2.10 bits per heavy atom. The van der Waals surface area contributed by atoms with Crippen LogP contribution in [0.5, 0.6) is 0 Å². The molecule has 1 amide bonds. The van der Waals surface area contributed by atoms with E-state index in [1.54, 1.807) is 0 Å². The van der Waals surface area contributed by atoms with Gasteiger partial charge in [0.2, 0.25) is 5.91 Å². The Kier molecular flexibility index (Phi) is 11.0. The van der Waals surface area contributed by atoms with Crippen LogP contribution in [0.1, 0.15) is 6.92 Å². The largest absolute Gasteiger partial charge is 1.00 e. The monoisotopic (exact) mass is 447 g/mol. The first-order valence-electron chi connectivity index (χ1n) is 8.81. The van der Waals surface area contributed by atoms with Gasteiger partial charge in [0.15, 0.2) is 12.6 Å². The molecule has 0 saturated carbocycles. The van der Waals surface area contributed by atoms with Gasteiger partial charge >= 0.3 is 29.6 Å². The van der Waals surface area contributed by atoms with Crippen molar-refractivity contribution in [3.8, 4) is 0 Å². The number of carboxylic acid groups (broad SMARTS) is 1. The summed E-state index contributed by atoms with van der Waals surface area (Å²) >= 11 is 0. The summed E-state index contributed by atoms with van der Waals surface area (Å²) in [5.74, 6) is -2.29. The summed E-state index contributed by atoms with van der Waals surface area (Å²) in [4.78, 5) is 23.1. The minimum atomic E-state index is -1.86. The van der Waals surface area contributed by atoms with Gasteiger partial charge in [-0.1, -0.05) is 0 Å². The second-order valence-corrected chi connectivity index (χ2v) is 6.70. The van der Waals surface area contributed by atoms with Crippen LogP contribution in [0, 0.1) is 0 Å². The smallest absolute Gasteiger partial charge is 0.547 e. The quantitative estimate of drug-likeness (QED) is 0.232. The number of hydrogen-bond donors (Lipinski definition) is 5. The number of carbonyl (C=O) groups is 2. The van der Waals surface area contributed by atoms with Gasteiger partial charge in [-0.05, 0) is 0 Å². The van der Waals surface area contributed by atoms with Crippen LogP contribution in [0.15, 0.2) is 0 Å². The Labute approximate surface area is 194 Å². The molecule has 2 saturated heterocycles. The van der Waals surface area contributed by atoms with Crippen molar-refractivity contribution in [1.82, 2.24) is 5.32 Å². The number of hydrogen-bond acceptors (Lipinski definition) is 12. The third kappa shape index (κ3) is 5.88. The van der Waals surface area contributed by atoms with Crippen molar-refractivity contribution in [2.75, 3.05) is 20.8 Å². The molecule has 30 heavy (non-hydrogen) atoms. The summed E-state index contributed by atoms with van der Waals surface area (Å²) in [5, 5.41) is 54.1. The summed E-state index contributed by atoms with van der Waals surface area (Å²) in [6.07, 6.45) is -13.6. The Hall–Kier alpha value is -0.420. The number of ether oxygens (including phenoxy) is 5. The second kappa shape index (κ2) is 12.0. The molecule has 2 fully saturated rings. The van der Waals surface area contributed by atoms with Gasteiger partial charge < -0.3 is 59.3 Å². The number of aliphatic hydroxyl groups excluding tert-OH is 4. The van der Waals surface area contributed by atoms with E-state index in [0.717, 1.165) is 7.11 Å². The normalized spacial score (nSPS) is 41.6. The van der Waals surface area contributed by atoms with Crippen LogP contribution < -0.4 is 40.0 Å². The average molecular weight is 447 g/mol. The molecule has 0 aromatic heterocycles. The molecule has 2 aliphatic heterocycles. The maximum atomic E-state index is 11.6. The molecule has 14 heteroatoms. The summed E-state index contributed by atoms with van der Waals surface area (Å²) in [7, 11) is 2.39. The van der Waals surface area contributed by atoms with Crippen LogP contribution in [0.3, 0.4) is 0 Å². The summed E-state index contributed by atoms with van der Waals surface area (Å²) < 4.78 is 26.1. The number of carbonyl (C=O) groups excluding carboxylic acids is 2. The van der Waals surface area contributed by atoms with E-state index < -0.39 is 79.8 Å². The van der Waals surface area contributed by atoms with Gasteiger partial charge in [-0.2, -0.15) is 0 Å². The van der Waals surface area contributed by atoms with Crippen LogP contribution >= 0.6 is 0 Å². The minimum Gasteiger partial charge on any atom is -0.547 e. The van der Waals surface area contributed by atoms with Crippen molar-refractivity contribution < 1.29 is 88.4 Å². The van der Waals surface area contributed by atoms with E-state index in [2.05, 4.69) is 5.32 Å². The van der Waals surface area contributed by atoms with Crippen LogP contribution in [0.25, 0.3) is 0 Å². The van der Waals surface area contributed by atoms with Crippen LogP contribution in [-0.2, 0) is 33.3 Å². The van der Waals surface area contributed by atoms with Crippen LogP contribution in [-0.4, -0.2) is 114 Å². The van der Waals surface area contributed by atoms with E-state index >= 15 is 0 Å². The second-order valence-electron chi connectivity index (χ2n) is 6.70. The standard InChI is InChI=1S/C16H27NO12.Na/c1-5(19)17-7-11(25-2)8(20)6(4-18)27-15(7)28-12-9(21)10(22)16(26-3)29-13(12)14(23)24;/h6-13,15-16,18,20-22H,4H2,1-3H3,(H,17,19)(H,23,24);/q;+1/p-1/t6?,7?,8-,9+,10?,11+,12+,13?,15+,16-;/m1./s1. The molecule has 0 aliphatic carbocycles. The van der Waals surface area contributed by atoms with E-state index in [1.807, 2.05) is 0 Å². The summed E-state index contributed by atoms with van der Waals surface area (Å²) in [6, 6.07) is -1.15. The van der Waals surface area contributed by atoms with E-state index in [9.17, 15) is 35.1 Å². The fraction of sp³-hybridized carbons (Fsp3) is 0.875. The van der Waals surface area contributed by atoms with E-state index in [-0.39, 0.29) is 29.6 Å².